The molecular weight excluding hydrogens is 420 g/mol. The van der Waals surface area contributed by atoms with Gasteiger partial charge in [0.15, 0.2) is 0 Å². The standard InChI is InChI=1S/C23H23F2N3O2S/c24-21-11-15(6-7-16(21)13-26)19(5-1-3-17(27)4-2-10-28-14-29)23(31)20-9-8-18(30)12-22(20)25/h1,5-9,11-12,14,17,30-31H,2-4,10,27H2,(H,28,29)/b5-1+,23-19+. The topological polar surface area (TPSA) is 99.1 Å². The molecule has 2 rings (SSSR count). The lowest BCUT2D eigenvalue weighted by atomic mass is 9.99. The smallest absolute Gasteiger partial charge is 0.207 e. The highest BCUT2D eigenvalue weighted by Gasteiger charge is 2.13. The van der Waals surface area contributed by atoms with E-state index in [1.165, 1.54) is 24.3 Å². The van der Waals surface area contributed by atoms with E-state index in [2.05, 4.69) is 17.9 Å². The summed E-state index contributed by atoms with van der Waals surface area (Å²) in [5, 5.41) is 21.0. The van der Waals surface area contributed by atoms with Crippen LogP contribution >= 0.6 is 12.6 Å². The van der Waals surface area contributed by atoms with Crippen molar-refractivity contribution in [3.8, 4) is 11.8 Å². The number of carbonyl (C=O) groups excluding carboxylic acids is 1. The molecule has 0 aromatic heterocycles. The molecule has 0 heterocycles. The number of amides is 1. The number of hydrogen-bond donors (Lipinski definition) is 4. The summed E-state index contributed by atoms with van der Waals surface area (Å²) < 4.78 is 28.6. The summed E-state index contributed by atoms with van der Waals surface area (Å²) in [5.74, 6) is -1.60. The molecule has 2 aromatic carbocycles. The Hall–Kier alpha value is -3.15. The molecular formula is C23H23F2N3O2S. The van der Waals surface area contributed by atoms with Crippen molar-refractivity contribution in [2.24, 2.45) is 5.73 Å². The van der Waals surface area contributed by atoms with Crippen molar-refractivity contribution in [3.63, 3.8) is 0 Å². The van der Waals surface area contributed by atoms with Gasteiger partial charge in [-0.15, -0.1) is 12.6 Å². The largest absolute Gasteiger partial charge is 0.508 e. The van der Waals surface area contributed by atoms with Gasteiger partial charge < -0.3 is 16.2 Å². The number of thiol groups is 1. The van der Waals surface area contributed by atoms with Crippen LogP contribution in [0.1, 0.15) is 36.0 Å². The molecule has 0 radical (unpaired) electrons. The van der Waals surface area contributed by atoms with E-state index in [1.807, 2.05) is 0 Å². The molecule has 0 aliphatic heterocycles. The molecule has 0 spiro atoms. The lowest BCUT2D eigenvalue weighted by Crippen LogP contribution is -2.21. The highest BCUT2D eigenvalue weighted by molar-refractivity contribution is 7.90. The van der Waals surface area contributed by atoms with Crippen molar-refractivity contribution in [2.75, 3.05) is 6.54 Å². The second-order valence-corrected chi connectivity index (χ2v) is 7.29. The average Bonchev–Trinajstić information content (AvgIpc) is 2.74. The number of halogens is 2. The summed E-state index contributed by atoms with van der Waals surface area (Å²) >= 11 is 4.46. The van der Waals surface area contributed by atoms with Crippen LogP contribution in [0.4, 0.5) is 8.78 Å². The number of benzene rings is 2. The van der Waals surface area contributed by atoms with Crippen molar-refractivity contribution < 1.29 is 18.7 Å². The number of allylic oxidation sites excluding steroid dienone is 2. The molecule has 0 saturated heterocycles. The fourth-order valence-corrected chi connectivity index (χ4v) is 3.32. The molecule has 31 heavy (non-hydrogen) atoms. The molecule has 0 bridgehead atoms. The normalized spacial score (nSPS) is 12.9. The van der Waals surface area contributed by atoms with Gasteiger partial charge in [-0.05, 0) is 54.7 Å². The summed E-state index contributed by atoms with van der Waals surface area (Å²) in [4.78, 5) is 10.5. The van der Waals surface area contributed by atoms with Crippen molar-refractivity contribution in [1.82, 2.24) is 5.32 Å². The van der Waals surface area contributed by atoms with Crippen molar-refractivity contribution in [2.45, 2.75) is 25.3 Å². The number of nitrogens with one attached hydrogen (secondary N) is 1. The lowest BCUT2D eigenvalue weighted by Gasteiger charge is -2.12. The van der Waals surface area contributed by atoms with E-state index >= 15 is 0 Å². The van der Waals surface area contributed by atoms with Crippen LogP contribution in [-0.2, 0) is 4.79 Å². The van der Waals surface area contributed by atoms with Gasteiger partial charge in [0.25, 0.3) is 0 Å². The maximum atomic E-state index is 14.4. The van der Waals surface area contributed by atoms with Gasteiger partial charge in [-0.2, -0.15) is 5.26 Å². The van der Waals surface area contributed by atoms with Crippen molar-refractivity contribution in [3.05, 3.63) is 76.9 Å². The van der Waals surface area contributed by atoms with Crippen molar-refractivity contribution in [1.29, 1.82) is 5.26 Å². The first kappa shape index (κ1) is 24.1. The molecule has 8 heteroatoms. The quantitative estimate of drug-likeness (QED) is 0.146. The second kappa shape index (κ2) is 11.9. The van der Waals surface area contributed by atoms with E-state index in [4.69, 9.17) is 11.0 Å². The number of rotatable bonds is 10. The molecule has 5 nitrogen and oxygen atoms in total. The van der Waals surface area contributed by atoms with E-state index in [-0.39, 0.29) is 27.8 Å². The minimum Gasteiger partial charge on any atom is -0.508 e. The first-order valence-electron chi connectivity index (χ1n) is 9.58. The summed E-state index contributed by atoms with van der Waals surface area (Å²) in [6, 6.07) is 9.39. The third-order valence-electron chi connectivity index (χ3n) is 4.57. The third kappa shape index (κ3) is 6.95. The molecule has 162 valence electrons. The molecule has 1 unspecified atom stereocenters. The Bertz CT molecular complexity index is 1030. The average molecular weight is 444 g/mol. The third-order valence-corrected chi connectivity index (χ3v) is 5.05. The summed E-state index contributed by atoms with van der Waals surface area (Å²) in [5.41, 5.74) is 6.96. The predicted octanol–water partition coefficient (Wildman–Crippen LogP) is 4.14. The van der Waals surface area contributed by atoms with Gasteiger partial charge in [-0.25, -0.2) is 8.78 Å². The lowest BCUT2D eigenvalue weighted by molar-refractivity contribution is -0.109. The van der Waals surface area contributed by atoms with Gasteiger partial charge >= 0.3 is 0 Å². The van der Waals surface area contributed by atoms with E-state index < -0.39 is 11.6 Å². The highest BCUT2D eigenvalue weighted by atomic mass is 32.1. The Morgan fingerprint density at radius 2 is 2.03 bits per heavy atom. The zero-order valence-corrected chi connectivity index (χ0v) is 17.6. The van der Waals surface area contributed by atoms with Crippen LogP contribution in [-0.4, -0.2) is 24.1 Å². The molecule has 0 aliphatic carbocycles. The number of hydrogen-bond acceptors (Lipinski definition) is 5. The first-order valence-corrected chi connectivity index (χ1v) is 10.0. The Morgan fingerprint density at radius 1 is 1.26 bits per heavy atom. The summed E-state index contributed by atoms with van der Waals surface area (Å²) in [6.45, 7) is 0.539. The van der Waals surface area contributed by atoms with E-state index in [9.17, 15) is 18.7 Å². The van der Waals surface area contributed by atoms with Crippen LogP contribution in [0.25, 0.3) is 10.5 Å². The van der Waals surface area contributed by atoms with Crippen LogP contribution in [0.5, 0.6) is 5.75 Å². The Morgan fingerprint density at radius 3 is 2.68 bits per heavy atom. The molecule has 0 saturated carbocycles. The number of nitrogens with zero attached hydrogens (tertiary/aromatic N) is 1. The highest BCUT2D eigenvalue weighted by Crippen LogP contribution is 2.33. The molecule has 1 amide bonds. The van der Waals surface area contributed by atoms with E-state index in [1.54, 1.807) is 24.3 Å². The van der Waals surface area contributed by atoms with Gasteiger partial charge in [0.2, 0.25) is 6.41 Å². The second-order valence-electron chi connectivity index (χ2n) is 6.85. The van der Waals surface area contributed by atoms with Crippen molar-refractivity contribution >= 4 is 29.5 Å². The minimum atomic E-state index is -0.697. The minimum absolute atomic E-state index is 0.102. The number of nitriles is 1. The number of aromatic hydroxyl groups is 1. The first-order chi connectivity index (χ1) is 14.9. The van der Waals surface area contributed by atoms with Gasteiger partial charge in [0.1, 0.15) is 23.5 Å². The van der Waals surface area contributed by atoms with Gasteiger partial charge in [-0.1, -0.05) is 18.2 Å². The van der Waals surface area contributed by atoms with E-state index in [0.717, 1.165) is 12.5 Å². The van der Waals surface area contributed by atoms with Crippen LogP contribution in [0, 0.1) is 23.0 Å². The van der Waals surface area contributed by atoms with Gasteiger partial charge in [0, 0.05) is 29.1 Å². The maximum Gasteiger partial charge on any atom is 0.207 e. The van der Waals surface area contributed by atoms with Gasteiger partial charge in [-0.3, -0.25) is 4.79 Å². The zero-order chi connectivity index (χ0) is 22.8. The molecule has 0 fully saturated rings. The summed E-state index contributed by atoms with van der Waals surface area (Å²) in [6.07, 6.45) is 6.03. The SMILES string of the molecule is N#Cc1ccc(C(/C=C/CC(N)CCCNC=O)=C(/S)c2ccc(O)cc2F)cc1F. The Balaban J connectivity index is 2.36. The number of carbonyl (C=O) groups is 1. The molecule has 0 aliphatic rings. The molecule has 2 aromatic rings. The fraction of sp³-hybridized carbons (Fsp3) is 0.217. The number of phenolic OH excluding ortho intramolecular Hbond substituents is 1. The zero-order valence-electron chi connectivity index (χ0n) is 16.7. The number of phenols is 1. The van der Waals surface area contributed by atoms with E-state index in [0.29, 0.717) is 36.9 Å². The Labute approximate surface area is 185 Å². The fourth-order valence-electron chi connectivity index (χ4n) is 2.93. The Kier molecular flexibility index (Phi) is 9.25. The number of nitrogens with two attached hydrogens (primary N) is 1. The van der Waals surface area contributed by atoms with Crippen LogP contribution in [0.15, 0.2) is 48.6 Å². The molecule has 4 N–H and O–H groups in total. The van der Waals surface area contributed by atoms with Crippen LogP contribution < -0.4 is 11.1 Å². The van der Waals surface area contributed by atoms with Gasteiger partial charge in [0.05, 0.1) is 5.56 Å². The van der Waals surface area contributed by atoms with Crippen LogP contribution in [0.2, 0.25) is 0 Å². The predicted molar refractivity (Wildman–Crippen MR) is 120 cm³/mol. The monoisotopic (exact) mass is 443 g/mol. The maximum absolute atomic E-state index is 14.4. The van der Waals surface area contributed by atoms with Crippen LogP contribution in [0.3, 0.4) is 0 Å². The summed E-state index contributed by atoms with van der Waals surface area (Å²) in [7, 11) is 0. The molecule has 1 atom stereocenters.